The molecule has 18 heavy (non-hydrogen) atoms. The van der Waals surface area contributed by atoms with Crippen LogP contribution in [0.4, 0.5) is 0 Å². The molecule has 0 saturated carbocycles. The van der Waals surface area contributed by atoms with E-state index in [1.807, 2.05) is 6.26 Å². The molecule has 0 fully saturated rings. The highest BCUT2D eigenvalue weighted by atomic mass is 79.9. The van der Waals surface area contributed by atoms with Crippen molar-refractivity contribution in [2.24, 2.45) is 0 Å². The fourth-order valence-electron chi connectivity index (χ4n) is 1.26. The number of aliphatic hydroxyl groups is 1. The molecule has 1 unspecified atom stereocenters. The fourth-order valence-corrected chi connectivity index (χ4v) is 3.10. The van der Waals surface area contributed by atoms with Gasteiger partial charge in [-0.1, -0.05) is 15.9 Å². The maximum Gasteiger partial charge on any atom is 0.240 e. The van der Waals surface area contributed by atoms with Crippen molar-refractivity contribution < 1.29 is 13.5 Å². The number of hydrogen-bond acceptors (Lipinski definition) is 4. The molecule has 0 saturated heterocycles. The minimum absolute atomic E-state index is 0.0406. The first-order valence-electron chi connectivity index (χ1n) is 5.38. The topological polar surface area (TPSA) is 66.4 Å². The molecule has 0 spiro atoms. The summed E-state index contributed by atoms with van der Waals surface area (Å²) in [7, 11) is -3.53. The monoisotopic (exact) mass is 353 g/mol. The van der Waals surface area contributed by atoms with Crippen molar-refractivity contribution in [1.29, 1.82) is 0 Å². The third-order valence-electron chi connectivity index (χ3n) is 2.29. The molecule has 0 radical (unpaired) electrons. The summed E-state index contributed by atoms with van der Waals surface area (Å²) in [6.45, 7) is 0.0406. The molecule has 0 aliphatic rings. The van der Waals surface area contributed by atoms with Gasteiger partial charge in [0.15, 0.2) is 0 Å². The van der Waals surface area contributed by atoms with Crippen LogP contribution < -0.4 is 4.72 Å². The van der Waals surface area contributed by atoms with Crippen LogP contribution in [0.15, 0.2) is 33.6 Å². The Hall–Kier alpha value is -0.0800. The molecule has 0 aliphatic carbocycles. The van der Waals surface area contributed by atoms with E-state index in [0.29, 0.717) is 6.42 Å². The molecular weight excluding hydrogens is 338 g/mol. The van der Waals surface area contributed by atoms with Crippen LogP contribution in [-0.2, 0) is 10.0 Å². The fraction of sp³-hybridized carbons (Fsp3) is 0.455. The van der Waals surface area contributed by atoms with Gasteiger partial charge in [0.05, 0.1) is 11.0 Å². The third kappa shape index (κ3) is 5.27. The highest BCUT2D eigenvalue weighted by Gasteiger charge is 2.15. The van der Waals surface area contributed by atoms with Crippen LogP contribution in [0.3, 0.4) is 0 Å². The summed E-state index contributed by atoms with van der Waals surface area (Å²) in [5.74, 6) is 0.807. The van der Waals surface area contributed by atoms with E-state index in [4.69, 9.17) is 0 Å². The Morgan fingerprint density at radius 2 is 2.00 bits per heavy atom. The molecule has 7 heteroatoms. The van der Waals surface area contributed by atoms with Gasteiger partial charge < -0.3 is 5.11 Å². The minimum atomic E-state index is -3.53. The summed E-state index contributed by atoms with van der Waals surface area (Å²) in [6, 6.07) is 6.36. The molecule has 102 valence electrons. The van der Waals surface area contributed by atoms with Gasteiger partial charge in [-0.2, -0.15) is 11.8 Å². The van der Waals surface area contributed by atoms with Crippen molar-refractivity contribution in [3.8, 4) is 0 Å². The predicted molar refractivity (Wildman–Crippen MR) is 78.3 cm³/mol. The zero-order chi connectivity index (χ0) is 13.6. The predicted octanol–water partition coefficient (Wildman–Crippen LogP) is 1.84. The molecule has 1 aromatic rings. The molecule has 0 amide bonds. The molecule has 4 nitrogen and oxygen atoms in total. The van der Waals surface area contributed by atoms with Crippen LogP contribution in [0.2, 0.25) is 0 Å². The highest BCUT2D eigenvalue weighted by Crippen LogP contribution is 2.14. The SMILES string of the molecule is CSCCC(O)CNS(=O)(=O)c1ccc(Br)cc1. The van der Waals surface area contributed by atoms with Crippen LogP contribution in [0.5, 0.6) is 0 Å². The van der Waals surface area contributed by atoms with Crippen molar-refractivity contribution in [3.05, 3.63) is 28.7 Å². The number of sulfonamides is 1. The maximum absolute atomic E-state index is 11.9. The summed E-state index contributed by atoms with van der Waals surface area (Å²) in [6.07, 6.45) is 1.87. The Kier molecular flexibility index (Phi) is 6.65. The number of aliphatic hydroxyl groups excluding tert-OH is 1. The van der Waals surface area contributed by atoms with Gasteiger partial charge >= 0.3 is 0 Å². The van der Waals surface area contributed by atoms with Crippen LogP contribution >= 0.6 is 27.7 Å². The summed E-state index contributed by atoms with van der Waals surface area (Å²) in [5, 5.41) is 9.59. The number of thioether (sulfide) groups is 1. The lowest BCUT2D eigenvalue weighted by Crippen LogP contribution is -2.32. The molecule has 2 N–H and O–H groups in total. The smallest absolute Gasteiger partial charge is 0.240 e. The molecule has 1 aromatic carbocycles. The van der Waals surface area contributed by atoms with Gasteiger partial charge in [-0.05, 0) is 42.7 Å². The first-order valence-corrected chi connectivity index (χ1v) is 9.05. The van der Waals surface area contributed by atoms with Crippen LogP contribution in [0.1, 0.15) is 6.42 Å². The summed E-state index contributed by atoms with van der Waals surface area (Å²) in [5.41, 5.74) is 0. The van der Waals surface area contributed by atoms with E-state index >= 15 is 0 Å². The van der Waals surface area contributed by atoms with Crippen molar-refractivity contribution in [2.75, 3.05) is 18.6 Å². The number of rotatable bonds is 7. The van der Waals surface area contributed by atoms with Crippen molar-refractivity contribution in [1.82, 2.24) is 4.72 Å². The van der Waals surface area contributed by atoms with E-state index in [-0.39, 0.29) is 11.4 Å². The van der Waals surface area contributed by atoms with Gasteiger partial charge in [-0.15, -0.1) is 0 Å². The van der Waals surface area contributed by atoms with Crippen molar-refractivity contribution >= 4 is 37.7 Å². The molecule has 0 bridgehead atoms. The van der Waals surface area contributed by atoms with Gasteiger partial charge in [0.1, 0.15) is 0 Å². The van der Waals surface area contributed by atoms with Gasteiger partial charge in [0.2, 0.25) is 10.0 Å². The lowest BCUT2D eigenvalue weighted by molar-refractivity contribution is 0.175. The quantitative estimate of drug-likeness (QED) is 0.784. The van der Waals surface area contributed by atoms with Gasteiger partial charge in [0, 0.05) is 11.0 Å². The average Bonchev–Trinajstić information content (AvgIpc) is 2.34. The second-order valence-electron chi connectivity index (χ2n) is 3.74. The Labute approximate surface area is 120 Å². The second-order valence-corrected chi connectivity index (χ2v) is 7.41. The standard InChI is InChI=1S/C11H16BrNO3S2/c1-17-7-6-10(14)8-13-18(15,16)11-4-2-9(12)3-5-11/h2-5,10,13-14H,6-8H2,1H3. The van der Waals surface area contributed by atoms with E-state index in [9.17, 15) is 13.5 Å². The third-order valence-corrected chi connectivity index (χ3v) is 4.90. The normalized spacial score (nSPS) is 13.5. The van der Waals surface area contributed by atoms with Crippen LogP contribution in [-0.4, -0.2) is 38.2 Å². The van der Waals surface area contributed by atoms with Gasteiger partial charge in [-0.25, -0.2) is 13.1 Å². The molecule has 0 aromatic heterocycles. The Morgan fingerprint density at radius 1 is 1.39 bits per heavy atom. The average molecular weight is 354 g/mol. The van der Waals surface area contributed by atoms with Gasteiger partial charge in [-0.3, -0.25) is 0 Å². The molecule has 1 atom stereocenters. The number of benzene rings is 1. The van der Waals surface area contributed by atoms with Crippen LogP contribution in [0, 0.1) is 0 Å². The van der Waals surface area contributed by atoms with E-state index in [0.717, 1.165) is 10.2 Å². The van der Waals surface area contributed by atoms with E-state index in [1.54, 1.807) is 23.9 Å². The molecule has 0 aliphatic heterocycles. The summed E-state index contributed by atoms with van der Waals surface area (Å²) >= 11 is 4.86. The summed E-state index contributed by atoms with van der Waals surface area (Å²) < 4.78 is 27.0. The zero-order valence-electron chi connectivity index (χ0n) is 9.97. The number of halogens is 1. The van der Waals surface area contributed by atoms with E-state index in [1.165, 1.54) is 12.1 Å². The summed E-state index contributed by atoms with van der Waals surface area (Å²) in [4.78, 5) is 0.197. The van der Waals surface area contributed by atoms with E-state index in [2.05, 4.69) is 20.7 Å². The lowest BCUT2D eigenvalue weighted by Gasteiger charge is -2.11. The van der Waals surface area contributed by atoms with E-state index < -0.39 is 16.1 Å². The first-order chi connectivity index (χ1) is 8.45. The Balaban J connectivity index is 2.57. The number of nitrogens with one attached hydrogen (secondary N) is 1. The molecule has 0 heterocycles. The largest absolute Gasteiger partial charge is 0.392 e. The Bertz CT molecular complexity index is 462. The molecule has 1 rings (SSSR count). The minimum Gasteiger partial charge on any atom is -0.392 e. The van der Waals surface area contributed by atoms with Crippen molar-refractivity contribution in [3.63, 3.8) is 0 Å². The zero-order valence-corrected chi connectivity index (χ0v) is 13.2. The van der Waals surface area contributed by atoms with Crippen LogP contribution in [0.25, 0.3) is 0 Å². The Morgan fingerprint density at radius 3 is 2.56 bits per heavy atom. The number of hydrogen-bond donors (Lipinski definition) is 2. The lowest BCUT2D eigenvalue weighted by atomic mass is 10.3. The maximum atomic E-state index is 11.9. The molecular formula is C11H16BrNO3S2. The highest BCUT2D eigenvalue weighted by molar-refractivity contribution is 9.10. The first kappa shape index (κ1) is 16.0. The second kappa shape index (κ2) is 7.49. The van der Waals surface area contributed by atoms with Crippen molar-refractivity contribution in [2.45, 2.75) is 17.4 Å². The van der Waals surface area contributed by atoms with Gasteiger partial charge in [0.25, 0.3) is 0 Å².